The minimum absolute atomic E-state index is 0.0799. The molecule has 4 aromatic rings. The number of nitrogens with one attached hydrogen (secondary N) is 1. The summed E-state index contributed by atoms with van der Waals surface area (Å²) in [6.45, 7) is 1.26. The summed E-state index contributed by atoms with van der Waals surface area (Å²) in [5.74, 6) is -0.192. The van der Waals surface area contributed by atoms with Crippen LogP contribution in [-0.4, -0.2) is 35.2 Å². The number of hydrogen-bond acceptors (Lipinski definition) is 9. The fourth-order valence-electron chi connectivity index (χ4n) is 3.51. The molecule has 0 heterocycles. The number of halogens is 2. The Morgan fingerprint density at radius 3 is 1.71 bits per heavy atom. The van der Waals surface area contributed by atoms with Gasteiger partial charge in [-0.3, -0.25) is 20.2 Å². The SMILES string of the molecule is CNCCOc1cc(Cl)cc([N+](=O)[O-])c1OCc1ccccc1.O=[N+]([O-])c1cc(Cl)cc(O)c1OCc1ccccc1. The zero-order chi connectivity index (χ0) is 30.5. The fraction of sp³-hybridized carbons (Fsp3) is 0.172. The largest absolute Gasteiger partial charge is 0.504 e. The number of nitro groups is 2. The van der Waals surface area contributed by atoms with Crippen molar-refractivity contribution in [2.24, 2.45) is 0 Å². The normalized spacial score (nSPS) is 10.3. The highest BCUT2D eigenvalue weighted by Gasteiger charge is 2.23. The van der Waals surface area contributed by atoms with Crippen molar-refractivity contribution in [3.63, 3.8) is 0 Å². The lowest BCUT2D eigenvalue weighted by molar-refractivity contribution is -0.386. The van der Waals surface area contributed by atoms with E-state index in [-0.39, 0.29) is 57.6 Å². The molecular formula is C29H27Cl2N3O8. The molecule has 0 unspecified atom stereocenters. The van der Waals surface area contributed by atoms with Gasteiger partial charge in [-0.15, -0.1) is 0 Å². The van der Waals surface area contributed by atoms with Gasteiger partial charge in [-0.05, 0) is 18.2 Å². The summed E-state index contributed by atoms with van der Waals surface area (Å²) in [5.41, 5.74) is 1.16. The van der Waals surface area contributed by atoms with Crippen LogP contribution in [0.5, 0.6) is 23.0 Å². The smallest absolute Gasteiger partial charge is 0.316 e. The number of hydrogen-bond donors (Lipinski definition) is 2. The maximum Gasteiger partial charge on any atom is 0.316 e. The molecule has 0 aliphatic rings. The van der Waals surface area contributed by atoms with Gasteiger partial charge >= 0.3 is 11.4 Å². The van der Waals surface area contributed by atoms with E-state index in [1.54, 1.807) is 7.05 Å². The summed E-state index contributed by atoms with van der Waals surface area (Å²) in [7, 11) is 1.79. The number of nitrogens with zero attached hydrogens (tertiary/aromatic N) is 2. The average molecular weight is 616 g/mol. The van der Waals surface area contributed by atoms with E-state index in [0.29, 0.717) is 13.2 Å². The average Bonchev–Trinajstić information content (AvgIpc) is 2.97. The highest BCUT2D eigenvalue weighted by Crippen LogP contribution is 2.41. The Bertz CT molecular complexity index is 1490. The second kappa shape index (κ2) is 16.0. The lowest BCUT2D eigenvalue weighted by Crippen LogP contribution is -2.16. The molecule has 4 aromatic carbocycles. The maximum absolute atomic E-state index is 11.3. The quantitative estimate of drug-likeness (QED) is 0.0980. The third-order valence-electron chi connectivity index (χ3n) is 5.47. The summed E-state index contributed by atoms with van der Waals surface area (Å²) in [4.78, 5) is 21.0. The molecule has 0 aliphatic carbocycles. The van der Waals surface area contributed by atoms with Crippen LogP contribution in [-0.2, 0) is 13.2 Å². The van der Waals surface area contributed by atoms with E-state index in [1.807, 2.05) is 60.7 Å². The zero-order valence-electron chi connectivity index (χ0n) is 22.4. The summed E-state index contributed by atoms with van der Waals surface area (Å²) in [6, 6.07) is 23.7. The van der Waals surface area contributed by atoms with Crippen molar-refractivity contribution >= 4 is 34.6 Å². The number of aromatic hydroxyl groups is 1. The van der Waals surface area contributed by atoms with Crippen LogP contribution in [0.4, 0.5) is 11.4 Å². The van der Waals surface area contributed by atoms with Crippen LogP contribution < -0.4 is 19.5 Å². The molecule has 4 rings (SSSR count). The molecule has 0 aliphatic heterocycles. The summed E-state index contributed by atoms with van der Waals surface area (Å²) in [5, 5.41) is 35.1. The number of benzene rings is 4. The van der Waals surface area contributed by atoms with Crippen molar-refractivity contribution in [2.75, 3.05) is 20.2 Å². The van der Waals surface area contributed by atoms with Gasteiger partial charge in [0.25, 0.3) is 0 Å². The van der Waals surface area contributed by atoms with Crippen molar-refractivity contribution in [1.29, 1.82) is 0 Å². The van der Waals surface area contributed by atoms with Gasteiger partial charge in [0.2, 0.25) is 11.5 Å². The molecule has 0 spiro atoms. The molecule has 0 radical (unpaired) electrons. The molecule has 0 bridgehead atoms. The number of phenols is 1. The minimum Gasteiger partial charge on any atom is -0.504 e. The fourth-order valence-corrected chi connectivity index (χ4v) is 3.92. The second-order valence-electron chi connectivity index (χ2n) is 8.54. The van der Waals surface area contributed by atoms with E-state index in [2.05, 4.69) is 5.32 Å². The van der Waals surface area contributed by atoms with E-state index < -0.39 is 9.85 Å². The molecule has 220 valence electrons. The monoisotopic (exact) mass is 615 g/mol. The summed E-state index contributed by atoms with van der Waals surface area (Å²) < 4.78 is 16.5. The predicted molar refractivity (Wildman–Crippen MR) is 159 cm³/mol. The topological polar surface area (TPSA) is 146 Å². The first-order chi connectivity index (χ1) is 20.2. The van der Waals surface area contributed by atoms with Gasteiger partial charge < -0.3 is 24.6 Å². The van der Waals surface area contributed by atoms with E-state index in [0.717, 1.165) is 17.2 Å². The molecule has 42 heavy (non-hydrogen) atoms. The zero-order valence-corrected chi connectivity index (χ0v) is 23.9. The Labute approximate surface area is 251 Å². The van der Waals surface area contributed by atoms with E-state index in [9.17, 15) is 25.3 Å². The van der Waals surface area contributed by atoms with E-state index in [4.69, 9.17) is 37.4 Å². The molecule has 0 fully saturated rings. The number of likely N-dealkylation sites (N-methyl/N-ethyl adjacent to an activating group) is 1. The first-order valence-electron chi connectivity index (χ1n) is 12.4. The van der Waals surface area contributed by atoms with Gasteiger partial charge in [0.05, 0.1) is 19.9 Å². The number of rotatable bonds is 12. The molecule has 0 saturated heterocycles. The first-order valence-corrected chi connectivity index (χ1v) is 13.2. The Balaban J connectivity index is 0.000000235. The third-order valence-corrected chi connectivity index (χ3v) is 5.91. The van der Waals surface area contributed by atoms with Gasteiger partial charge in [0, 0.05) is 30.8 Å². The molecule has 11 nitrogen and oxygen atoms in total. The van der Waals surface area contributed by atoms with Crippen molar-refractivity contribution in [1.82, 2.24) is 5.32 Å². The van der Waals surface area contributed by atoms with Gasteiger partial charge in [-0.1, -0.05) is 83.9 Å². The van der Waals surface area contributed by atoms with Crippen molar-refractivity contribution < 1.29 is 29.2 Å². The van der Waals surface area contributed by atoms with Crippen LogP contribution >= 0.6 is 23.2 Å². The maximum atomic E-state index is 11.3. The molecule has 13 heteroatoms. The molecular weight excluding hydrogens is 589 g/mol. The molecule has 0 saturated carbocycles. The van der Waals surface area contributed by atoms with E-state index in [1.165, 1.54) is 18.2 Å². The predicted octanol–water partition coefficient (Wildman–Crippen LogP) is 6.96. The minimum atomic E-state index is -0.647. The Hall–Kier alpha value is -4.58. The lowest BCUT2D eigenvalue weighted by atomic mass is 10.2. The second-order valence-corrected chi connectivity index (χ2v) is 9.41. The molecule has 0 atom stereocenters. The van der Waals surface area contributed by atoms with Crippen molar-refractivity contribution in [3.8, 4) is 23.0 Å². The first kappa shape index (κ1) is 31.9. The Morgan fingerprint density at radius 2 is 1.21 bits per heavy atom. The number of ether oxygens (including phenoxy) is 3. The molecule has 2 N–H and O–H groups in total. The highest BCUT2D eigenvalue weighted by atomic mass is 35.5. The van der Waals surface area contributed by atoms with E-state index >= 15 is 0 Å². The third kappa shape index (κ3) is 9.51. The van der Waals surface area contributed by atoms with Gasteiger partial charge in [0.1, 0.15) is 19.8 Å². The highest BCUT2D eigenvalue weighted by molar-refractivity contribution is 6.31. The number of phenolic OH excluding ortho intramolecular Hbond substituents is 1. The van der Waals surface area contributed by atoms with Crippen LogP contribution in [0.2, 0.25) is 10.0 Å². The van der Waals surface area contributed by atoms with Crippen LogP contribution in [0.3, 0.4) is 0 Å². The summed E-state index contributed by atoms with van der Waals surface area (Å²) in [6.07, 6.45) is 0. The summed E-state index contributed by atoms with van der Waals surface area (Å²) >= 11 is 11.6. The van der Waals surface area contributed by atoms with Gasteiger partial charge in [-0.2, -0.15) is 0 Å². The van der Waals surface area contributed by atoms with Gasteiger partial charge in [-0.25, -0.2) is 0 Å². The standard InChI is InChI=1S/C16H17ClN2O4.C13H10ClNO4/c1-18-7-8-22-15-10-13(17)9-14(19(20)21)16(15)23-11-12-5-3-2-4-6-12;14-10-6-11(15(17)18)13(12(16)7-10)19-8-9-4-2-1-3-5-9/h2-6,9-10,18H,7-8,11H2,1H3;1-7,16H,8H2. The van der Waals surface area contributed by atoms with Crippen molar-refractivity contribution in [2.45, 2.75) is 13.2 Å². The number of nitro benzene ring substituents is 2. The van der Waals surface area contributed by atoms with Crippen LogP contribution in [0, 0.1) is 20.2 Å². The van der Waals surface area contributed by atoms with Crippen LogP contribution in [0.1, 0.15) is 11.1 Å². The Kier molecular flexibility index (Phi) is 12.2. The van der Waals surface area contributed by atoms with Crippen LogP contribution in [0.15, 0.2) is 84.9 Å². The Morgan fingerprint density at radius 1 is 0.738 bits per heavy atom. The van der Waals surface area contributed by atoms with Crippen molar-refractivity contribution in [3.05, 3.63) is 126 Å². The molecule has 0 amide bonds. The lowest BCUT2D eigenvalue weighted by Gasteiger charge is -2.13. The van der Waals surface area contributed by atoms with Gasteiger partial charge in [0.15, 0.2) is 11.5 Å². The molecule has 0 aromatic heterocycles. The van der Waals surface area contributed by atoms with Crippen LogP contribution in [0.25, 0.3) is 0 Å².